The molecule has 0 aromatic heterocycles. The smallest absolute Gasteiger partial charge is 0.303 e. The highest BCUT2D eigenvalue weighted by Gasteiger charge is 1.99. The second-order valence-electron chi connectivity index (χ2n) is 7.37. The molecule has 0 aliphatic carbocycles. The van der Waals surface area contributed by atoms with Crippen LogP contribution in [0.15, 0.2) is 12.2 Å². The Labute approximate surface area is 176 Å². The van der Waals surface area contributed by atoms with Crippen molar-refractivity contribution in [2.75, 3.05) is 0 Å². The van der Waals surface area contributed by atoms with Crippen molar-refractivity contribution < 1.29 is 29.7 Å². The predicted molar refractivity (Wildman–Crippen MR) is 116 cm³/mol. The van der Waals surface area contributed by atoms with E-state index in [-0.39, 0.29) is 19.3 Å². The highest BCUT2D eigenvalue weighted by Crippen LogP contribution is 2.09. The molecule has 170 valence electrons. The van der Waals surface area contributed by atoms with Crippen molar-refractivity contribution in [1.29, 1.82) is 0 Å². The van der Waals surface area contributed by atoms with Gasteiger partial charge in [0.1, 0.15) is 0 Å². The first kappa shape index (κ1) is 29.4. The van der Waals surface area contributed by atoms with Crippen molar-refractivity contribution in [3.8, 4) is 0 Å². The molecule has 0 rings (SSSR count). The molecule has 0 saturated carbocycles. The third-order valence-electron chi connectivity index (χ3n) is 4.43. The van der Waals surface area contributed by atoms with E-state index in [2.05, 4.69) is 19.1 Å². The van der Waals surface area contributed by atoms with Gasteiger partial charge in [-0.25, -0.2) is 0 Å². The summed E-state index contributed by atoms with van der Waals surface area (Å²) in [4.78, 5) is 29.9. The summed E-state index contributed by atoms with van der Waals surface area (Å²) in [7, 11) is 0. The van der Waals surface area contributed by atoms with Crippen LogP contribution in [0.1, 0.15) is 116 Å². The highest BCUT2D eigenvalue weighted by molar-refractivity contribution is 5.69. The molecule has 0 aromatic rings. The molecule has 3 N–H and O–H groups in total. The zero-order valence-electron chi connectivity index (χ0n) is 18.2. The molecule has 0 aromatic carbocycles. The van der Waals surface area contributed by atoms with Crippen molar-refractivity contribution in [3.05, 3.63) is 12.2 Å². The minimum Gasteiger partial charge on any atom is -0.481 e. The van der Waals surface area contributed by atoms with Crippen LogP contribution in [0.4, 0.5) is 0 Å². The predicted octanol–water partition coefficient (Wildman–Crippen LogP) is 6.43. The summed E-state index contributed by atoms with van der Waals surface area (Å²) in [5, 5.41) is 24.6. The van der Waals surface area contributed by atoms with Crippen LogP contribution < -0.4 is 0 Å². The fourth-order valence-corrected chi connectivity index (χ4v) is 2.74. The highest BCUT2D eigenvalue weighted by atomic mass is 16.4. The molecular weight excluding hydrogens is 372 g/mol. The molecule has 0 heterocycles. The molecule has 0 amide bonds. The molecule has 0 radical (unpaired) electrons. The van der Waals surface area contributed by atoms with Crippen LogP contribution in [0, 0.1) is 0 Å². The second-order valence-corrected chi connectivity index (χ2v) is 7.37. The average Bonchev–Trinajstić information content (AvgIpc) is 2.64. The van der Waals surface area contributed by atoms with Gasteiger partial charge in [-0.05, 0) is 38.5 Å². The molecule has 29 heavy (non-hydrogen) atoms. The number of hydrogen-bond donors (Lipinski definition) is 3. The van der Waals surface area contributed by atoms with Crippen molar-refractivity contribution in [2.45, 2.75) is 116 Å². The van der Waals surface area contributed by atoms with E-state index >= 15 is 0 Å². The third kappa shape index (κ3) is 34.1. The normalized spacial score (nSPS) is 10.5. The maximum atomic E-state index is 10.3. The van der Waals surface area contributed by atoms with Crippen LogP contribution in [-0.2, 0) is 14.4 Å². The van der Waals surface area contributed by atoms with Gasteiger partial charge < -0.3 is 15.3 Å². The van der Waals surface area contributed by atoms with Crippen LogP contribution in [0.25, 0.3) is 0 Å². The topological polar surface area (TPSA) is 112 Å². The zero-order chi connectivity index (χ0) is 22.2. The van der Waals surface area contributed by atoms with E-state index in [9.17, 15) is 14.4 Å². The number of aliphatic carboxylic acids is 3. The van der Waals surface area contributed by atoms with E-state index in [1.165, 1.54) is 70.6 Å². The van der Waals surface area contributed by atoms with E-state index in [1.54, 1.807) is 0 Å². The van der Waals surface area contributed by atoms with E-state index in [1.807, 2.05) is 0 Å². The van der Waals surface area contributed by atoms with Gasteiger partial charge in [-0.1, -0.05) is 70.4 Å². The molecule has 0 aliphatic rings. The van der Waals surface area contributed by atoms with Gasteiger partial charge >= 0.3 is 17.9 Å². The quantitative estimate of drug-likeness (QED) is 0.166. The van der Waals surface area contributed by atoms with Gasteiger partial charge in [0, 0.05) is 19.3 Å². The van der Waals surface area contributed by atoms with E-state index in [0.717, 1.165) is 12.8 Å². The Balaban J connectivity index is 0. The van der Waals surface area contributed by atoms with Crippen LogP contribution >= 0.6 is 0 Å². The first-order valence-corrected chi connectivity index (χ1v) is 11.2. The Morgan fingerprint density at radius 1 is 0.517 bits per heavy atom. The van der Waals surface area contributed by atoms with E-state index < -0.39 is 17.9 Å². The summed E-state index contributed by atoms with van der Waals surface area (Å²) < 4.78 is 0. The molecule has 0 spiro atoms. The molecule has 0 fully saturated rings. The molecular formula is C23H42O6. The molecule has 0 bridgehead atoms. The number of carboxylic acids is 3. The Kier molecular flexibility index (Phi) is 24.5. The largest absolute Gasteiger partial charge is 0.481 e. The number of rotatable bonds is 19. The summed E-state index contributed by atoms with van der Waals surface area (Å²) in [6, 6.07) is 0. The number of hydrogen-bond acceptors (Lipinski definition) is 3. The lowest BCUT2D eigenvalue weighted by atomic mass is 10.1. The molecule has 6 nitrogen and oxygen atoms in total. The first-order chi connectivity index (χ1) is 13.9. The summed E-state index contributed by atoms with van der Waals surface area (Å²) >= 11 is 0. The van der Waals surface area contributed by atoms with Gasteiger partial charge in [0.25, 0.3) is 0 Å². The lowest BCUT2D eigenvalue weighted by molar-refractivity contribution is -0.139. The van der Waals surface area contributed by atoms with Gasteiger partial charge in [-0.15, -0.1) is 0 Å². The van der Waals surface area contributed by atoms with Gasteiger partial charge in [0.05, 0.1) is 0 Å². The maximum Gasteiger partial charge on any atom is 0.303 e. The number of allylic oxidation sites excluding steroid dienone is 2. The van der Waals surface area contributed by atoms with Crippen LogP contribution in [0.2, 0.25) is 0 Å². The van der Waals surface area contributed by atoms with Crippen molar-refractivity contribution in [3.63, 3.8) is 0 Å². The molecule has 0 saturated heterocycles. The van der Waals surface area contributed by atoms with Crippen LogP contribution in [-0.4, -0.2) is 33.2 Å². The Morgan fingerprint density at radius 3 is 1.28 bits per heavy atom. The summed E-state index contributed by atoms with van der Waals surface area (Å²) in [6.45, 7) is 2.26. The number of carboxylic acid groups (broad SMARTS) is 3. The number of unbranched alkanes of at least 4 members (excludes halogenated alkanes) is 11. The fourth-order valence-electron chi connectivity index (χ4n) is 2.74. The monoisotopic (exact) mass is 414 g/mol. The maximum absolute atomic E-state index is 10.3. The summed E-state index contributed by atoms with van der Waals surface area (Å²) in [6.07, 6.45) is 21.3. The molecule has 0 unspecified atom stereocenters. The lowest BCUT2D eigenvalue weighted by Crippen LogP contribution is -1.98. The molecule has 0 aliphatic heterocycles. The standard InChI is InChI=1S/C18H34O2.C5H8O4/c1-2-3-4-5-6-7-8-9-10-11-12-13-14-15-16-17-18(19)20;6-4(7)2-1-3-5(8)9/h9-10H,2-8,11-17H2,1H3,(H,19,20);1-3H2,(H,6,7)(H,8,9). The van der Waals surface area contributed by atoms with Gasteiger partial charge in [-0.3, -0.25) is 14.4 Å². The Morgan fingerprint density at radius 2 is 0.862 bits per heavy atom. The fraction of sp³-hybridized carbons (Fsp3) is 0.783. The Bertz CT molecular complexity index is 417. The van der Waals surface area contributed by atoms with Gasteiger partial charge in [-0.2, -0.15) is 0 Å². The third-order valence-corrected chi connectivity index (χ3v) is 4.43. The first-order valence-electron chi connectivity index (χ1n) is 11.2. The zero-order valence-corrected chi connectivity index (χ0v) is 18.2. The van der Waals surface area contributed by atoms with Crippen LogP contribution in [0.5, 0.6) is 0 Å². The van der Waals surface area contributed by atoms with Crippen molar-refractivity contribution >= 4 is 17.9 Å². The van der Waals surface area contributed by atoms with Gasteiger partial charge in [0.2, 0.25) is 0 Å². The second kappa shape index (κ2) is 24.2. The summed E-state index contributed by atoms with van der Waals surface area (Å²) in [5.41, 5.74) is 0. The van der Waals surface area contributed by atoms with Crippen molar-refractivity contribution in [2.24, 2.45) is 0 Å². The van der Waals surface area contributed by atoms with E-state index in [4.69, 9.17) is 15.3 Å². The van der Waals surface area contributed by atoms with Crippen molar-refractivity contribution in [1.82, 2.24) is 0 Å². The molecule has 6 heteroatoms. The van der Waals surface area contributed by atoms with Gasteiger partial charge in [0.15, 0.2) is 0 Å². The average molecular weight is 415 g/mol. The Hall–Kier alpha value is -1.85. The molecule has 0 atom stereocenters. The summed E-state index contributed by atoms with van der Waals surface area (Å²) in [5.74, 6) is -2.56. The number of carbonyl (C=O) groups is 3. The SMILES string of the molecule is CCCCCCCCC=CCCCCCCCC(=O)O.O=C(O)CCCC(=O)O. The minimum absolute atomic E-state index is 0.0632. The van der Waals surface area contributed by atoms with E-state index in [0.29, 0.717) is 6.42 Å². The van der Waals surface area contributed by atoms with Crippen LogP contribution in [0.3, 0.4) is 0 Å². The lowest BCUT2D eigenvalue weighted by Gasteiger charge is -1.99. The minimum atomic E-state index is -0.948.